The molecule has 1 aromatic heterocycles. The predicted molar refractivity (Wildman–Crippen MR) is 101 cm³/mol. The van der Waals surface area contributed by atoms with E-state index in [-0.39, 0.29) is 29.0 Å². The van der Waals surface area contributed by atoms with Crippen LogP contribution >= 0.6 is 0 Å². The molecule has 3 rings (SSSR count). The van der Waals surface area contributed by atoms with Gasteiger partial charge in [0, 0.05) is 11.8 Å². The molecule has 1 unspecified atom stereocenters. The Morgan fingerprint density at radius 3 is 2.46 bits per heavy atom. The molecule has 0 spiro atoms. The number of nitrogens with zero attached hydrogens (tertiary/aromatic N) is 1. The predicted octanol–water partition coefficient (Wildman–Crippen LogP) is 3.37. The minimum Gasteiger partial charge on any atom is -0.461 e. The Hall–Kier alpha value is -2.22. The minimum absolute atomic E-state index is 0.0360. The molecule has 1 atom stereocenters. The Morgan fingerprint density at radius 1 is 1.21 bits per heavy atom. The second kappa shape index (κ2) is 8.03. The van der Waals surface area contributed by atoms with Gasteiger partial charge in [0.05, 0.1) is 25.4 Å². The lowest BCUT2D eigenvalue weighted by Gasteiger charge is -2.41. The molecule has 1 aliphatic heterocycles. The van der Waals surface area contributed by atoms with Crippen LogP contribution in [0.2, 0.25) is 0 Å². The maximum atomic E-state index is 12.4. The molecule has 0 radical (unpaired) electrons. The third kappa shape index (κ3) is 4.27. The Labute approximate surface area is 164 Å². The summed E-state index contributed by atoms with van der Waals surface area (Å²) in [6, 6.07) is 9.50. The summed E-state index contributed by atoms with van der Waals surface area (Å²) in [5.41, 5.74) is 1.01. The maximum absolute atomic E-state index is 12.4. The highest BCUT2D eigenvalue weighted by Gasteiger charge is 2.46. The molecule has 1 N–H and O–H groups in total. The highest BCUT2D eigenvalue weighted by Crippen LogP contribution is 2.41. The summed E-state index contributed by atoms with van der Waals surface area (Å²) in [5, 5.41) is 14.7. The van der Waals surface area contributed by atoms with Gasteiger partial charge in [0.2, 0.25) is 0 Å². The van der Waals surface area contributed by atoms with Crippen LogP contribution in [-0.2, 0) is 26.4 Å². The van der Waals surface area contributed by atoms with Gasteiger partial charge < -0.3 is 23.8 Å². The van der Waals surface area contributed by atoms with E-state index in [1.165, 1.54) is 0 Å². The van der Waals surface area contributed by atoms with Gasteiger partial charge in [-0.25, -0.2) is 4.79 Å². The molecule has 2 heterocycles. The molecule has 0 saturated carbocycles. The summed E-state index contributed by atoms with van der Waals surface area (Å²) in [6.07, 6.45) is -0.723. The number of carbonyl (C=O) groups is 1. The molecule has 0 amide bonds. The van der Waals surface area contributed by atoms with Crippen molar-refractivity contribution in [1.82, 2.24) is 5.16 Å². The Morgan fingerprint density at radius 2 is 1.86 bits per heavy atom. The molecule has 0 bridgehead atoms. The number of ether oxygens (including phenoxy) is 3. The zero-order valence-electron chi connectivity index (χ0n) is 16.7. The third-order valence-electron chi connectivity index (χ3n) is 4.69. The largest absolute Gasteiger partial charge is 0.461 e. The number of benzene rings is 1. The quantitative estimate of drug-likeness (QED) is 0.757. The van der Waals surface area contributed by atoms with E-state index in [2.05, 4.69) is 5.16 Å². The van der Waals surface area contributed by atoms with Crippen LogP contribution in [0, 0.1) is 5.41 Å². The lowest BCUT2D eigenvalue weighted by Crippen LogP contribution is -2.44. The van der Waals surface area contributed by atoms with Crippen molar-refractivity contribution in [2.24, 2.45) is 5.41 Å². The SMILES string of the molecule is CCOC(=O)c1noc(C(O)Cc2ccccc2)c1C1(C)OCC(C)(C)CO1. The van der Waals surface area contributed by atoms with E-state index in [0.29, 0.717) is 19.6 Å². The monoisotopic (exact) mass is 389 g/mol. The summed E-state index contributed by atoms with van der Waals surface area (Å²) in [7, 11) is 0. The summed E-state index contributed by atoms with van der Waals surface area (Å²) in [4.78, 5) is 12.4. The van der Waals surface area contributed by atoms with Gasteiger partial charge in [-0.2, -0.15) is 0 Å². The van der Waals surface area contributed by atoms with Gasteiger partial charge in [-0.15, -0.1) is 0 Å². The van der Waals surface area contributed by atoms with Gasteiger partial charge in [0.25, 0.3) is 0 Å². The number of esters is 1. The van der Waals surface area contributed by atoms with Gasteiger partial charge in [-0.05, 0) is 19.4 Å². The van der Waals surface area contributed by atoms with Gasteiger partial charge in [0.1, 0.15) is 6.10 Å². The number of aromatic nitrogens is 1. The Kier molecular flexibility index (Phi) is 5.88. The van der Waals surface area contributed by atoms with Crippen molar-refractivity contribution in [1.29, 1.82) is 0 Å². The fourth-order valence-corrected chi connectivity index (χ4v) is 3.13. The van der Waals surface area contributed by atoms with E-state index in [9.17, 15) is 9.90 Å². The van der Waals surface area contributed by atoms with Crippen molar-refractivity contribution in [3.05, 3.63) is 52.9 Å². The first-order valence-electron chi connectivity index (χ1n) is 9.43. The average Bonchev–Trinajstić information content (AvgIpc) is 3.12. The first kappa shape index (κ1) is 20.5. The molecule has 2 aromatic rings. The molecule has 152 valence electrons. The Bertz CT molecular complexity index is 804. The average molecular weight is 389 g/mol. The molecule has 0 aliphatic carbocycles. The van der Waals surface area contributed by atoms with Gasteiger partial charge in [-0.3, -0.25) is 0 Å². The number of carbonyl (C=O) groups excluding carboxylic acids is 1. The van der Waals surface area contributed by atoms with E-state index >= 15 is 0 Å². The smallest absolute Gasteiger partial charge is 0.361 e. The lowest BCUT2D eigenvalue weighted by atomic mass is 9.92. The van der Waals surface area contributed by atoms with E-state index < -0.39 is 17.9 Å². The number of aliphatic hydroxyl groups excluding tert-OH is 1. The van der Waals surface area contributed by atoms with Crippen LogP contribution in [-0.4, -0.2) is 36.1 Å². The summed E-state index contributed by atoms with van der Waals surface area (Å²) >= 11 is 0. The minimum atomic E-state index is -1.27. The second-order valence-corrected chi connectivity index (χ2v) is 7.88. The summed E-state index contributed by atoms with van der Waals surface area (Å²) in [5.74, 6) is -1.77. The molecule has 1 aromatic carbocycles. The molecule has 28 heavy (non-hydrogen) atoms. The molecule has 7 heteroatoms. The normalized spacial score (nSPS) is 19.2. The van der Waals surface area contributed by atoms with Crippen LogP contribution in [0.1, 0.15) is 61.2 Å². The first-order valence-corrected chi connectivity index (χ1v) is 9.43. The van der Waals surface area contributed by atoms with Crippen LogP contribution in [0.4, 0.5) is 0 Å². The van der Waals surface area contributed by atoms with Gasteiger partial charge >= 0.3 is 5.97 Å². The second-order valence-electron chi connectivity index (χ2n) is 7.88. The van der Waals surface area contributed by atoms with E-state index in [1.807, 2.05) is 44.2 Å². The van der Waals surface area contributed by atoms with Crippen molar-refractivity contribution >= 4 is 5.97 Å². The Balaban J connectivity index is 1.97. The van der Waals surface area contributed by atoms with Crippen LogP contribution in [0.25, 0.3) is 0 Å². The van der Waals surface area contributed by atoms with Crippen LogP contribution in [0.3, 0.4) is 0 Å². The van der Waals surface area contributed by atoms with Crippen LogP contribution in [0.5, 0.6) is 0 Å². The standard InChI is InChI=1S/C21H27NO6/c1-5-25-19(24)17-16(21(4)26-12-20(2,3)13-27-21)18(28-22-17)15(23)11-14-9-7-6-8-10-14/h6-10,15,23H,5,11-13H2,1-4H3. The summed E-state index contributed by atoms with van der Waals surface area (Å²) in [6.45, 7) is 8.50. The molecule has 7 nitrogen and oxygen atoms in total. The molecule has 1 aliphatic rings. The van der Waals surface area contributed by atoms with Crippen molar-refractivity contribution in [3.63, 3.8) is 0 Å². The van der Waals surface area contributed by atoms with E-state index in [4.69, 9.17) is 18.7 Å². The number of aliphatic hydroxyl groups is 1. The van der Waals surface area contributed by atoms with Gasteiger partial charge in [0.15, 0.2) is 17.2 Å². The van der Waals surface area contributed by atoms with Crippen molar-refractivity contribution < 1.29 is 28.6 Å². The number of rotatable bonds is 6. The molecular weight excluding hydrogens is 362 g/mol. The zero-order chi connectivity index (χ0) is 20.4. The highest BCUT2D eigenvalue weighted by atomic mass is 16.7. The van der Waals surface area contributed by atoms with Crippen molar-refractivity contribution in [2.75, 3.05) is 19.8 Å². The van der Waals surface area contributed by atoms with E-state index in [0.717, 1.165) is 5.56 Å². The maximum Gasteiger partial charge on any atom is 0.361 e. The highest BCUT2D eigenvalue weighted by molar-refractivity contribution is 5.89. The number of hydrogen-bond acceptors (Lipinski definition) is 7. The van der Waals surface area contributed by atoms with Gasteiger partial charge in [-0.1, -0.05) is 49.3 Å². The zero-order valence-corrected chi connectivity index (χ0v) is 16.7. The van der Waals surface area contributed by atoms with Crippen molar-refractivity contribution in [2.45, 2.75) is 46.0 Å². The fourth-order valence-electron chi connectivity index (χ4n) is 3.13. The van der Waals surface area contributed by atoms with E-state index in [1.54, 1.807) is 13.8 Å². The molecule has 1 saturated heterocycles. The van der Waals surface area contributed by atoms with Crippen LogP contribution < -0.4 is 0 Å². The van der Waals surface area contributed by atoms with Crippen molar-refractivity contribution in [3.8, 4) is 0 Å². The summed E-state index contributed by atoms with van der Waals surface area (Å²) < 4.78 is 22.5. The first-order chi connectivity index (χ1) is 13.3. The molecular formula is C21H27NO6. The third-order valence-corrected chi connectivity index (χ3v) is 4.69. The van der Waals surface area contributed by atoms with Crippen LogP contribution in [0.15, 0.2) is 34.9 Å². The molecule has 1 fully saturated rings. The topological polar surface area (TPSA) is 91.0 Å². The lowest BCUT2D eigenvalue weighted by molar-refractivity contribution is -0.299. The fraction of sp³-hybridized carbons (Fsp3) is 0.524. The number of hydrogen-bond donors (Lipinski definition) is 1.